The fourth-order valence-electron chi connectivity index (χ4n) is 1.68. The van der Waals surface area contributed by atoms with Gasteiger partial charge in [-0.05, 0) is 26.0 Å². The summed E-state index contributed by atoms with van der Waals surface area (Å²) in [6, 6.07) is 8.16. The van der Waals surface area contributed by atoms with Crippen molar-refractivity contribution in [2.75, 3.05) is 17.2 Å². The molecule has 7 heteroatoms. The van der Waals surface area contributed by atoms with Crippen molar-refractivity contribution >= 4 is 17.5 Å². The van der Waals surface area contributed by atoms with Crippen LogP contribution >= 0.6 is 0 Å². The lowest BCUT2D eigenvalue weighted by atomic mass is 10.2. The van der Waals surface area contributed by atoms with Crippen LogP contribution < -0.4 is 10.6 Å². The molecule has 0 aliphatic carbocycles. The molecule has 0 radical (unpaired) electrons. The van der Waals surface area contributed by atoms with Crippen LogP contribution in [0.5, 0.6) is 0 Å². The van der Waals surface area contributed by atoms with Gasteiger partial charge in [0.05, 0.1) is 0 Å². The zero-order chi connectivity index (χ0) is 15.5. The molecule has 21 heavy (non-hydrogen) atoms. The van der Waals surface area contributed by atoms with Crippen LogP contribution in [0.25, 0.3) is 0 Å². The molecule has 0 unspecified atom stereocenters. The summed E-state index contributed by atoms with van der Waals surface area (Å²) >= 11 is 0. The number of anilines is 3. The number of rotatable bonds is 4. The number of hydrogen-bond donors (Lipinski definition) is 2. The second-order valence-corrected chi connectivity index (χ2v) is 4.48. The zero-order valence-corrected chi connectivity index (χ0v) is 11.6. The first-order valence-electron chi connectivity index (χ1n) is 6.42. The van der Waals surface area contributed by atoms with Crippen LogP contribution in [0.15, 0.2) is 30.3 Å². The lowest BCUT2D eigenvalue weighted by Gasteiger charge is -2.12. The van der Waals surface area contributed by atoms with E-state index >= 15 is 0 Å². The van der Waals surface area contributed by atoms with Crippen LogP contribution in [-0.4, -0.2) is 16.5 Å². The number of aryl methyl sites for hydroxylation is 1. The third kappa shape index (κ3) is 4.08. The first kappa shape index (κ1) is 15.1. The van der Waals surface area contributed by atoms with Crippen molar-refractivity contribution in [3.8, 4) is 0 Å². The maximum Gasteiger partial charge on any atom is 0.433 e. The maximum atomic E-state index is 12.8. The Morgan fingerprint density at radius 3 is 2.33 bits per heavy atom. The average molecular weight is 296 g/mol. The molecule has 0 amide bonds. The molecule has 2 aromatic rings. The topological polar surface area (TPSA) is 49.8 Å². The lowest BCUT2D eigenvalue weighted by Crippen LogP contribution is -2.13. The van der Waals surface area contributed by atoms with Crippen LogP contribution in [0, 0.1) is 6.92 Å². The van der Waals surface area contributed by atoms with E-state index in [1.807, 2.05) is 19.1 Å². The van der Waals surface area contributed by atoms with Crippen LogP contribution in [0.3, 0.4) is 0 Å². The smallest absolute Gasteiger partial charge is 0.354 e. The minimum absolute atomic E-state index is 0.0538. The number of nitrogens with one attached hydrogen (secondary N) is 2. The predicted molar refractivity (Wildman–Crippen MR) is 75.7 cm³/mol. The van der Waals surface area contributed by atoms with Crippen molar-refractivity contribution in [3.05, 3.63) is 41.6 Å². The first-order chi connectivity index (χ1) is 9.88. The van der Waals surface area contributed by atoms with Gasteiger partial charge >= 0.3 is 6.18 Å². The lowest BCUT2D eigenvalue weighted by molar-refractivity contribution is -0.141. The summed E-state index contributed by atoms with van der Waals surface area (Å²) in [5, 5.41) is 5.54. The highest BCUT2D eigenvalue weighted by atomic mass is 19.4. The first-order valence-corrected chi connectivity index (χ1v) is 6.42. The fraction of sp³-hybridized carbons (Fsp3) is 0.286. The molecule has 1 aromatic carbocycles. The van der Waals surface area contributed by atoms with E-state index < -0.39 is 11.9 Å². The van der Waals surface area contributed by atoms with Gasteiger partial charge in [0.15, 0.2) is 5.69 Å². The summed E-state index contributed by atoms with van der Waals surface area (Å²) in [6.07, 6.45) is -4.52. The molecule has 0 spiro atoms. The van der Waals surface area contributed by atoms with Crippen molar-refractivity contribution < 1.29 is 13.2 Å². The Labute approximate surface area is 120 Å². The Hall–Kier alpha value is -2.31. The molecule has 1 heterocycles. The molecule has 0 saturated heterocycles. The quantitative estimate of drug-likeness (QED) is 0.896. The van der Waals surface area contributed by atoms with Crippen LogP contribution in [0.1, 0.15) is 18.2 Å². The molecular formula is C14H15F3N4. The van der Waals surface area contributed by atoms with E-state index in [0.717, 1.165) is 11.6 Å². The third-order valence-electron chi connectivity index (χ3n) is 2.68. The molecule has 0 aliphatic heterocycles. The summed E-state index contributed by atoms with van der Waals surface area (Å²) in [4.78, 5) is 7.48. The molecule has 2 rings (SSSR count). The van der Waals surface area contributed by atoms with Crippen molar-refractivity contribution in [2.24, 2.45) is 0 Å². The van der Waals surface area contributed by atoms with Gasteiger partial charge in [-0.15, -0.1) is 0 Å². The van der Waals surface area contributed by atoms with Gasteiger partial charge in [-0.2, -0.15) is 18.2 Å². The highest BCUT2D eigenvalue weighted by molar-refractivity contribution is 5.58. The number of nitrogens with zero attached hydrogens (tertiary/aromatic N) is 2. The SMILES string of the molecule is CCNc1nc(Nc2ccc(C)cc2)cc(C(F)(F)F)n1. The molecule has 0 fully saturated rings. The van der Waals surface area contributed by atoms with Gasteiger partial charge in [0.1, 0.15) is 5.82 Å². The van der Waals surface area contributed by atoms with E-state index in [1.54, 1.807) is 19.1 Å². The zero-order valence-electron chi connectivity index (χ0n) is 11.6. The predicted octanol–water partition coefficient (Wildman–Crippen LogP) is 3.98. The maximum absolute atomic E-state index is 12.8. The summed E-state index contributed by atoms with van der Waals surface area (Å²) < 4.78 is 38.5. The van der Waals surface area contributed by atoms with Gasteiger partial charge in [0.2, 0.25) is 5.95 Å². The van der Waals surface area contributed by atoms with Crippen molar-refractivity contribution in [1.82, 2.24) is 9.97 Å². The average Bonchev–Trinajstić information content (AvgIpc) is 2.41. The Bertz CT molecular complexity index is 609. The number of hydrogen-bond acceptors (Lipinski definition) is 4. The van der Waals surface area contributed by atoms with E-state index in [0.29, 0.717) is 12.2 Å². The molecule has 4 nitrogen and oxygen atoms in total. The molecule has 2 N–H and O–H groups in total. The third-order valence-corrected chi connectivity index (χ3v) is 2.68. The van der Waals surface area contributed by atoms with Gasteiger partial charge in [0, 0.05) is 18.3 Å². The van der Waals surface area contributed by atoms with Crippen molar-refractivity contribution in [1.29, 1.82) is 0 Å². The van der Waals surface area contributed by atoms with Crippen LogP contribution in [-0.2, 0) is 6.18 Å². The van der Waals surface area contributed by atoms with Crippen molar-refractivity contribution in [2.45, 2.75) is 20.0 Å². The van der Waals surface area contributed by atoms with Gasteiger partial charge in [-0.1, -0.05) is 17.7 Å². The van der Waals surface area contributed by atoms with E-state index in [-0.39, 0.29) is 11.8 Å². The van der Waals surface area contributed by atoms with Crippen LogP contribution in [0.2, 0.25) is 0 Å². The molecule has 0 atom stereocenters. The molecular weight excluding hydrogens is 281 g/mol. The normalized spacial score (nSPS) is 11.3. The Balaban J connectivity index is 2.33. The van der Waals surface area contributed by atoms with E-state index in [2.05, 4.69) is 20.6 Å². The second kappa shape index (κ2) is 5.99. The van der Waals surface area contributed by atoms with E-state index in [9.17, 15) is 13.2 Å². The summed E-state index contributed by atoms with van der Waals surface area (Å²) in [6.45, 7) is 4.13. The van der Waals surface area contributed by atoms with Gasteiger partial charge < -0.3 is 10.6 Å². The van der Waals surface area contributed by atoms with E-state index in [4.69, 9.17) is 0 Å². The van der Waals surface area contributed by atoms with E-state index in [1.165, 1.54) is 0 Å². The van der Waals surface area contributed by atoms with Gasteiger partial charge in [-0.3, -0.25) is 0 Å². The van der Waals surface area contributed by atoms with Gasteiger partial charge in [0.25, 0.3) is 0 Å². The highest BCUT2D eigenvalue weighted by Gasteiger charge is 2.33. The minimum atomic E-state index is -4.52. The number of alkyl halides is 3. The van der Waals surface area contributed by atoms with Crippen LogP contribution in [0.4, 0.5) is 30.6 Å². The molecule has 0 saturated carbocycles. The standard InChI is InChI=1S/C14H15F3N4/c1-3-18-13-20-11(14(15,16)17)8-12(21-13)19-10-6-4-9(2)5-7-10/h4-8H,3H2,1-2H3,(H2,18,19,20,21). The Morgan fingerprint density at radius 2 is 1.76 bits per heavy atom. The highest BCUT2D eigenvalue weighted by Crippen LogP contribution is 2.30. The number of benzene rings is 1. The van der Waals surface area contributed by atoms with Gasteiger partial charge in [-0.25, -0.2) is 4.98 Å². The molecule has 1 aromatic heterocycles. The molecule has 0 aliphatic rings. The Morgan fingerprint density at radius 1 is 1.10 bits per heavy atom. The fourth-order valence-corrected chi connectivity index (χ4v) is 1.68. The van der Waals surface area contributed by atoms with Crippen molar-refractivity contribution in [3.63, 3.8) is 0 Å². The minimum Gasteiger partial charge on any atom is -0.354 e. The Kier molecular flexibility index (Phi) is 4.30. The molecule has 112 valence electrons. The summed E-state index contributed by atoms with van der Waals surface area (Å²) in [5.41, 5.74) is 0.741. The summed E-state index contributed by atoms with van der Waals surface area (Å²) in [5.74, 6) is 0.0408. The molecule has 0 bridgehead atoms. The number of halogens is 3. The second-order valence-electron chi connectivity index (χ2n) is 4.48. The summed E-state index contributed by atoms with van der Waals surface area (Å²) in [7, 11) is 0. The largest absolute Gasteiger partial charge is 0.433 e. The monoisotopic (exact) mass is 296 g/mol. The number of aromatic nitrogens is 2.